The molecule has 1 aliphatic heterocycles. The third kappa shape index (κ3) is 2.13. The van der Waals surface area contributed by atoms with Crippen LogP contribution in [0.25, 0.3) is 0 Å². The summed E-state index contributed by atoms with van der Waals surface area (Å²) < 4.78 is 4.58. The molecule has 0 spiro atoms. The molecular formula is C12H12N2O3. The zero-order valence-electron chi connectivity index (χ0n) is 9.34. The zero-order valence-corrected chi connectivity index (χ0v) is 9.34. The number of carbonyl (C=O) groups excluding carboxylic acids is 2. The summed E-state index contributed by atoms with van der Waals surface area (Å²) in [5.74, 6) is -0.652. The standard InChI is InChI=1S/C12H12N2O3/c1-17-12(16)8-5-11(15)14(7-8)10-4-2-3-9(13)6-10/h2-4,6-7H,5,13H2,1H3. The van der Waals surface area contributed by atoms with Crippen LogP contribution >= 0.6 is 0 Å². The summed E-state index contributed by atoms with van der Waals surface area (Å²) in [6.45, 7) is 0. The number of nitrogens with zero attached hydrogens (tertiary/aromatic N) is 1. The maximum atomic E-state index is 11.7. The molecule has 1 aromatic carbocycles. The lowest BCUT2D eigenvalue weighted by Crippen LogP contribution is -2.19. The van der Waals surface area contributed by atoms with Crippen LogP contribution in [0.3, 0.4) is 0 Å². The first-order valence-corrected chi connectivity index (χ1v) is 5.08. The van der Waals surface area contributed by atoms with E-state index in [2.05, 4.69) is 4.74 Å². The fourth-order valence-corrected chi connectivity index (χ4v) is 1.67. The lowest BCUT2D eigenvalue weighted by Gasteiger charge is -2.13. The van der Waals surface area contributed by atoms with Gasteiger partial charge in [0.25, 0.3) is 0 Å². The highest BCUT2D eigenvalue weighted by atomic mass is 16.5. The van der Waals surface area contributed by atoms with Crippen molar-refractivity contribution < 1.29 is 14.3 Å². The number of benzene rings is 1. The number of anilines is 2. The predicted molar refractivity (Wildman–Crippen MR) is 63.1 cm³/mol. The summed E-state index contributed by atoms with van der Waals surface area (Å²) in [5, 5.41) is 0. The number of esters is 1. The molecule has 5 heteroatoms. The van der Waals surface area contributed by atoms with Gasteiger partial charge in [0.1, 0.15) is 0 Å². The molecule has 17 heavy (non-hydrogen) atoms. The number of amides is 1. The smallest absolute Gasteiger partial charge is 0.335 e. The quantitative estimate of drug-likeness (QED) is 0.611. The van der Waals surface area contributed by atoms with Crippen LogP contribution in [0.4, 0.5) is 11.4 Å². The van der Waals surface area contributed by atoms with Gasteiger partial charge in [-0.3, -0.25) is 9.69 Å². The van der Waals surface area contributed by atoms with Crippen molar-refractivity contribution in [3.05, 3.63) is 36.0 Å². The summed E-state index contributed by atoms with van der Waals surface area (Å²) in [6.07, 6.45) is 1.55. The van der Waals surface area contributed by atoms with Gasteiger partial charge in [-0.1, -0.05) is 6.07 Å². The molecule has 5 nitrogen and oxygen atoms in total. The topological polar surface area (TPSA) is 72.6 Å². The van der Waals surface area contributed by atoms with E-state index < -0.39 is 5.97 Å². The fraction of sp³-hybridized carbons (Fsp3) is 0.167. The highest BCUT2D eigenvalue weighted by Gasteiger charge is 2.27. The average Bonchev–Trinajstić information content (AvgIpc) is 2.70. The molecule has 0 atom stereocenters. The van der Waals surface area contributed by atoms with E-state index in [0.717, 1.165) is 0 Å². The van der Waals surface area contributed by atoms with Crippen molar-refractivity contribution in [1.82, 2.24) is 0 Å². The number of nitrogen functional groups attached to an aromatic ring is 1. The minimum absolute atomic E-state index is 0.0570. The maximum absolute atomic E-state index is 11.7. The molecule has 0 bridgehead atoms. The van der Waals surface area contributed by atoms with Gasteiger partial charge in [-0.15, -0.1) is 0 Å². The Bertz CT molecular complexity index is 508. The van der Waals surface area contributed by atoms with Crippen molar-refractivity contribution >= 4 is 23.3 Å². The molecule has 2 N–H and O–H groups in total. The monoisotopic (exact) mass is 232 g/mol. The highest BCUT2D eigenvalue weighted by Crippen LogP contribution is 2.25. The Balaban J connectivity index is 2.31. The summed E-state index contributed by atoms with van der Waals surface area (Å²) in [7, 11) is 1.29. The van der Waals surface area contributed by atoms with E-state index in [9.17, 15) is 9.59 Å². The van der Waals surface area contributed by atoms with Gasteiger partial charge in [0, 0.05) is 11.9 Å². The molecule has 1 aromatic rings. The van der Waals surface area contributed by atoms with E-state index in [-0.39, 0.29) is 12.3 Å². The van der Waals surface area contributed by atoms with Gasteiger partial charge in [0.05, 0.1) is 24.8 Å². The number of methoxy groups -OCH3 is 1. The first-order chi connectivity index (χ1) is 8.11. The molecule has 0 unspecified atom stereocenters. The molecule has 1 amide bonds. The van der Waals surface area contributed by atoms with Gasteiger partial charge in [-0.25, -0.2) is 4.79 Å². The normalized spacial score (nSPS) is 14.8. The lowest BCUT2D eigenvalue weighted by atomic mass is 10.2. The first kappa shape index (κ1) is 11.2. The van der Waals surface area contributed by atoms with Crippen molar-refractivity contribution in [2.75, 3.05) is 17.7 Å². The van der Waals surface area contributed by atoms with Crippen molar-refractivity contribution in [3.63, 3.8) is 0 Å². The van der Waals surface area contributed by atoms with Crippen LogP contribution in [-0.4, -0.2) is 19.0 Å². The Kier molecular flexibility index (Phi) is 2.82. The summed E-state index contributed by atoms with van der Waals surface area (Å²) in [6, 6.07) is 6.91. The maximum Gasteiger partial charge on any atom is 0.335 e. The second-order valence-corrected chi connectivity index (χ2v) is 3.68. The van der Waals surface area contributed by atoms with Crippen LogP contribution in [0, 0.1) is 0 Å². The van der Waals surface area contributed by atoms with E-state index in [1.54, 1.807) is 24.3 Å². The molecule has 0 aromatic heterocycles. The molecule has 0 fully saturated rings. The van der Waals surface area contributed by atoms with Crippen LogP contribution < -0.4 is 10.6 Å². The molecular weight excluding hydrogens is 220 g/mol. The average molecular weight is 232 g/mol. The van der Waals surface area contributed by atoms with E-state index in [1.165, 1.54) is 18.2 Å². The number of hydrogen-bond acceptors (Lipinski definition) is 4. The van der Waals surface area contributed by atoms with Crippen LogP contribution in [0.1, 0.15) is 6.42 Å². The molecule has 1 aliphatic rings. The van der Waals surface area contributed by atoms with Gasteiger partial charge >= 0.3 is 5.97 Å². The van der Waals surface area contributed by atoms with Crippen LogP contribution in [0.5, 0.6) is 0 Å². The van der Waals surface area contributed by atoms with Crippen molar-refractivity contribution in [2.24, 2.45) is 0 Å². The lowest BCUT2D eigenvalue weighted by molar-refractivity contribution is -0.136. The first-order valence-electron chi connectivity index (χ1n) is 5.08. The molecule has 0 aliphatic carbocycles. The second-order valence-electron chi connectivity index (χ2n) is 3.68. The molecule has 2 rings (SSSR count). The van der Waals surface area contributed by atoms with Gasteiger partial charge in [0.15, 0.2) is 0 Å². The fourth-order valence-electron chi connectivity index (χ4n) is 1.67. The molecule has 0 saturated heterocycles. The van der Waals surface area contributed by atoms with Gasteiger partial charge < -0.3 is 10.5 Å². The third-order valence-electron chi connectivity index (χ3n) is 2.49. The van der Waals surface area contributed by atoms with Crippen LogP contribution in [0.2, 0.25) is 0 Å². The van der Waals surface area contributed by atoms with E-state index in [0.29, 0.717) is 16.9 Å². The third-order valence-corrected chi connectivity index (χ3v) is 2.49. The summed E-state index contributed by atoms with van der Waals surface area (Å²) in [4.78, 5) is 24.5. The minimum atomic E-state index is -0.482. The van der Waals surface area contributed by atoms with Gasteiger partial charge in [-0.05, 0) is 18.2 Å². The number of carbonyl (C=O) groups is 2. The van der Waals surface area contributed by atoms with Crippen LogP contribution in [-0.2, 0) is 14.3 Å². The summed E-state index contributed by atoms with van der Waals surface area (Å²) in [5.41, 5.74) is 7.20. The van der Waals surface area contributed by atoms with Gasteiger partial charge in [0.2, 0.25) is 5.91 Å². The number of ether oxygens (including phenoxy) is 1. The second kappa shape index (κ2) is 4.29. The van der Waals surface area contributed by atoms with E-state index in [1.807, 2.05) is 0 Å². The molecule has 1 heterocycles. The van der Waals surface area contributed by atoms with Crippen molar-refractivity contribution in [3.8, 4) is 0 Å². The van der Waals surface area contributed by atoms with Crippen LogP contribution in [0.15, 0.2) is 36.0 Å². The highest BCUT2D eigenvalue weighted by molar-refractivity contribution is 6.07. The zero-order chi connectivity index (χ0) is 12.4. The van der Waals surface area contributed by atoms with Crippen molar-refractivity contribution in [2.45, 2.75) is 6.42 Å². The minimum Gasteiger partial charge on any atom is -0.466 e. The number of rotatable bonds is 2. The Hall–Kier alpha value is -2.30. The Morgan fingerprint density at radius 2 is 2.24 bits per heavy atom. The number of nitrogens with two attached hydrogens (primary N) is 1. The Morgan fingerprint density at radius 1 is 1.47 bits per heavy atom. The Labute approximate surface area is 98.5 Å². The molecule has 0 saturated carbocycles. The van der Waals surface area contributed by atoms with Crippen molar-refractivity contribution in [1.29, 1.82) is 0 Å². The van der Waals surface area contributed by atoms with E-state index >= 15 is 0 Å². The Morgan fingerprint density at radius 3 is 2.88 bits per heavy atom. The van der Waals surface area contributed by atoms with E-state index in [4.69, 9.17) is 5.73 Å². The molecule has 0 radical (unpaired) electrons. The van der Waals surface area contributed by atoms with Gasteiger partial charge in [-0.2, -0.15) is 0 Å². The SMILES string of the molecule is COC(=O)C1=CN(c2cccc(N)c2)C(=O)C1. The number of hydrogen-bond donors (Lipinski definition) is 1. The largest absolute Gasteiger partial charge is 0.466 e. The molecule has 88 valence electrons. The predicted octanol–water partition coefficient (Wildman–Crippen LogP) is 1.06. The summed E-state index contributed by atoms with van der Waals surface area (Å²) >= 11 is 0.